The van der Waals surface area contributed by atoms with Gasteiger partial charge in [0, 0.05) is 0 Å². The quantitative estimate of drug-likeness (QED) is 0.685. The van der Waals surface area contributed by atoms with E-state index < -0.39 is 42.6 Å². The molecule has 19 heavy (non-hydrogen) atoms. The van der Waals surface area contributed by atoms with Crippen LogP contribution in [-0.2, 0) is 28.6 Å². The first-order valence-electron chi connectivity index (χ1n) is 5.87. The van der Waals surface area contributed by atoms with Crippen molar-refractivity contribution in [1.29, 1.82) is 0 Å². The van der Waals surface area contributed by atoms with Crippen LogP contribution in [-0.4, -0.2) is 47.9 Å². The number of carbonyl (C=O) groups is 3. The predicted octanol–water partition coefficient (Wildman–Crippen LogP) is 0.751. The molecule has 0 aliphatic carbocycles. The van der Waals surface area contributed by atoms with Crippen molar-refractivity contribution in [1.82, 2.24) is 0 Å². The maximum atomic E-state index is 11.5. The van der Waals surface area contributed by atoms with Crippen LogP contribution < -0.4 is 0 Å². The second kappa shape index (κ2) is 7.73. The number of ether oxygens (including phenoxy) is 3. The maximum absolute atomic E-state index is 11.5. The molecule has 0 rings (SSSR count). The number of rotatable bonds is 7. The molecule has 0 unspecified atom stereocenters. The summed E-state index contributed by atoms with van der Waals surface area (Å²) in [6, 6.07) is 0. The van der Waals surface area contributed by atoms with Crippen molar-refractivity contribution in [3.63, 3.8) is 0 Å². The van der Waals surface area contributed by atoms with Crippen molar-refractivity contribution >= 4 is 17.9 Å². The van der Waals surface area contributed by atoms with Gasteiger partial charge in [-0.2, -0.15) is 0 Å². The van der Waals surface area contributed by atoms with Gasteiger partial charge in [-0.05, 0) is 27.7 Å². The Morgan fingerprint density at radius 2 is 1.74 bits per heavy atom. The van der Waals surface area contributed by atoms with E-state index in [2.05, 4.69) is 4.74 Å². The zero-order valence-electron chi connectivity index (χ0n) is 11.6. The Morgan fingerprint density at radius 1 is 1.16 bits per heavy atom. The minimum Gasteiger partial charge on any atom is -0.479 e. The van der Waals surface area contributed by atoms with E-state index in [0.717, 1.165) is 0 Å². The predicted molar refractivity (Wildman–Crippen MR) is 64.5 cm³/mol. The van der Waals surface area contributed by atoms with Gasteiger partial charge in [-0.3, -0.25) is 4.79 Å². The maximum Gasteiger partial charge on any atom is 0.333 e. The first-order valence-corrected chi connectivity index (χ1v) is 5.87. The number of aliphatic carboxylic acids is 1. The second-order valence-corrected chi connectivity index (χ2v) is 4.73. The number of carbonyl (C=O) groups excluding carboxylic acids is 2. The summed E-state index contributed by atoms with van der Waals surface area (Å²) < 4.78 is 14.4. The Bertz CT molecular complexity index is 329. The third kappa shape index (κ3) is 9.01. The summed E-state index contributed by atoms with van der Waals surface area (Å²) in [5.41, 5.74) is -0.707. The molecule has 0 bridgehead atoms. The summed E-state index contributed by atoms with van der Waals surface area (Å²) in [4.78, 5) is 33.4. The Labute approximate surface area is 111 Å². The molecule has 0 heterocycles. The summed E-state index contributed by atoms with van der Waals surface area (Å²) in [6.45, 7) is 6.27. The van der Waals surface area contributed by atoms with E-state index in [9.17, 15) is 14.4 Å². The molecule has 7 nitrogen and oxygen atoms in total. The molecule has 0 aliphatic rings. The van der Waals surface area contributed by atoms with Gasteiger partial charge in [-0.1, -0.05) is 0 Å². The number of carboxylic acid groups (broad SMARTS) is 1. The van der Waals surface area contributed by atoms with Gasteiger partial charge in [0.1, 0.15) is 12.2 Å². The normalized spacial score (nSPS) is 12.6. The lowest BCUT2D eigenvalue weighted by molar-refractivity contribution is -0.169. The van der Waals surface area contributed by atoms with Crippen LogP contribution in [0.1, 0.15) is 34.1 Å². The average molecular weight is 276 g/mol. The van der Waals surface area contributed by atoms with Gasteiger partial charge >= 0.3 is 17.9 Å². The van der Waals surface area contributed by atoms with Gasteiger partial charge in [0.2, 0.25) is 0 Å². The van der Waals surface area contributed by atoms with Gasteiger partial charge in [0.25, 0.3) is 0 Å². The van der Waals surface area contributed by atoms with Crippen LogP contribution in [0.5, 0.6) is 0 Å². The van der Waals surface area contributed by atoms with Crippen LogP contribution in [0.4, 0.5) is 0 Å². The fourth-order valence-corrected chi connectivity index (χ4v) is 1.12. The van der Waals surface area contributed by atoms with Crippen molar-refractivity contribution in [3.8, 4) is 0 Å². The Balaban J connectivity index is 4.31. The van der Waals surface area contributed by atoms with E-state index in [1.54, 1.807) is 27.7 Å². The fourth-order valence-electron chi connectivity index (χ4n) is 1.12. The topological polar surface area (TPSA) is 99.1 Å². The zero-order valence-corrected chi connectivity index (χ0v) is 11.6. The third-order valence-corrected chi connectivity index (χ3v) is 1.76. The highest BCUT2D eigenvalue weighted by atomic mass is 16.6. The zero-order chi connectivity index (χ0) is 15.1. The number of esters is 2. The minimum atomic E-state index is -1.43. The number of hydrogen-bond donors (Lipinski definition) is 1. The first-order chi connectivity index (χ1) is 8.65. The largest absolute Gasteiger partial charge is 0.479 e. The van der Waals surface area contributed by atoms with Crippen molar-refractivity contribution in [2.75, 3.05) is 13.2 Å². The summed E-state index contributed by atoms with van der Waals surface area (Å²) in [6.07, 6.45) is -1.90. The van der Waals surface area contributed by atoms with E-state index in [1.807, 2.05) is 0 Å². The monoisotopic (exact) mass is 276 g/mol. The molecule has 0 spiro atoms. The van der Waals surface area contributed by atoms with Gasteiger partial charge in [-0.25, -0.2) is 9.59 Å². The lowest BCUT2D eigenvalue weighted by Gasteiger charge is -2.21. The molecule has 0 aromatic rings. The SMILES string of the molecule is CCOC(=O)CO[C@@H](CC(=O)OC(C)(C)C)C(=O)O. The highest BCUT2D eigenvalue weighted by molar-refractivity contribution is 5.81. The lowest BCUT2D eigenvalue weighted by atomic mass is 10.2. The van der Waals surface area contributed by atoms with Gasteiger partial charge in [0.05, 0.1) is 13.0 Å². The molecule has 0 aromatic heterocycles. The van der Waals surface area contributed by atoms with Crippen LogP contribution in [0, 0.1) is 0 Å². The van der Waals surface area contributed by atoms with E-state index in [0.29, 0.717) is 0 Å². The molecule has 1 atom stereocenters. The Kier molecular flexibility index (Phi) is 7.06. The van der Waals surface area contributed by atoms with Gasteiger partial charge in [0.15, 0.2) is 6.10 Å². The first kappa shape index (κ1) is 17.4. The van der Waals surface area contributed by atoms with Crippen LogP contribution in [0.15, 0.2) is 0 Å². The van der Waals surface area contributed by atoms with Crippen LogP contribution in [0.2, 0.25) is 0 Å². The highest BCUT2D eigenvalue weighted by Gasteiger charge is 2.26. The number of hydrogen-bond acceptors (Lipinski definition) is 6. The average Bonchev–Trinajstić information content (AvgIpc) is 2.21. The molecule has 1 N–H and O–H groups in total. The molecule has 0 aromatic carbocycles. The van der Waals surface area contributed by atoms with Crippen molar-refractivity contribution < 1.29 is 33.7 Å². The standard InChI is InChI=1S/C12H20O7/c1-5-17-10(14)7-18-8(11(15)16)6-9(13)19-12(2,3)4/h8H,5-7H2,1-4H3,(H,15,16)/t8-/m0/s1. The van der Waals surface area contributed by atoms with E-state index in [4.69, 9.17) is 14.6 Å². The second-order valence-electron chi connectivity index (χ2n) is 4.73. The van der Waals surface area contributed by atoms with Crippen LogP contribution >= 0.6 is 0 Å². The lowest BCUT2D eigenvalue weighted by Crippen LogP contribution is -2.33. The van der Waals surface area contributed by atoms with E-state index >= 15 is 0 Å². The fraction of sp³-hybridized carbons (Fsp3) is 0.750. The smallest absolute Gasteiger partial charge is 0.333 e. The van der Waals surface area contributed by atoms with Crippen LogP contribution in [0.25, 0.3) is 0 Å². The molecule has 0 saturated heterocycles. The molecule has 0 aliphatic heterocycles. The third-order valence-electron chi connectivity index (χ3n) is 1.76. The minimum absolute atomic E-state index is 0.173. The molecular formula is C12H20O7. The van der Waals surface area contributed by atoms with Gasteiger partial charge in [-0.15, -0.1) is 0 Å². The van der Waals surface area contributed by atoms with Crippen molar-refractivity contribution in [2.24, 2.45) is 0 Å². The highest BCUT2D eigenvalue weighted by Crippen LogP contribution is 2.10. The summed E-state index contributed by atoms with van der Waals surface area (Å²) in [7, 11) is 0. The summed E-state index contributed by atoms with van der Waals surface area (Å²) in [5, 5.41) is 8.88. The molecule has 0 amide bonds. The molecule has 0 fully saturated rings. The summed E-state index contributed by atoms with van der Waals surface area (Å²) in [5.74, 6) is -2.73. The Morgan fingerprint density at radius 3 is 2.16 bits per heavy atom. The summed E-state index contributed by atoms with van der Waals surface area (Å²) >= 11 is 0. The molecule has 110 valence electrons. The Hall–Kier alpha value is -1.63. The molecule has 0 saturated carbocycles. The number of carboxylic acids is 1. The van der Waals surface area contributed by atoms with Crippen molar-refractivity contribution in [2.45, 2.75) is 45.8 Å². The molecule has 7 heteroatoms. The molecule has 0 radical (unpaired) electrons. The molecular weight excluding hydrogens is 256 g/mol. The van der Waals surface area contributed by atoms with E-state index in [-0.39, 0.29) is 6.61 Å². The van der Waals surface area contributed by atoms with Crippen molar-refractivity contribution in [3.05, 3.63) is 0 Å². The van der Waals surface area contributed by atoms with Crippen LogP contribution in [0.3, 0.4) is 0 Å². The van der Waals surface area contributed by atoms with E-state index in [1.165, 1.54) is 0 Å². The van der Waals surface area contributed by atoms with Gasteiger partial charge < -0.3 is 19.3 Å².